The highest BCUT2D eigenvalue weighted by Crippen LogP contribution is 2.23. The number of carbonyl (C=O) groups excluding carboxylic acids is 1. The number of benzene rings is 1. The van der Waals surface area contributed by atoms with Crippen molar-refractivity contribution in [1.29, 1.82) is 0 Å². The summed E-state index contributed by atoms with van der Waals surface area (Å²) in [7, 11) is 0. The molecule has 0 unspecified atom stereocenters. The zero-order chi connectivity index (χ0) is 13.7. The second-order valence-electron chi connectivity index (χ2n) is 3.31. The van der Waals surface area contributed by atoms with Crippen LogP contribution in [-0.2, 0) is 9.59 Å². The molecule has 0 aliphatic carbocycles. The lowest BCUT2D eigenvalue weighted by atomic mass is 10.2. The Morgan fingerprint density at radius 2 is 1.83 bits per heavy atom. The number of hydrogen-bond donors (Lipinski definition) is 3. The lowest BCUT2D eigenvalue weighted by Crippen LogP contribution is -2.15. The fraction of sp³-hybridized carbons (Fsp3) is 0.182. The summed E-state index contributed by atoms with van der Waals surface area (Å²) in [6.07, 6.45) is -0.309. The van der Waals surface area contributed by atoms with Gasteiger partial charge in [0.1, 0.15) is 17.1 Å². The molecule has 0 aliphatic rings. The van der Waals surface area contributed by atoms with Crippen molar-refractivity contribution in [3.63, 3.8) is 0 Å². The number of carboxylic acids is 2. The lowest BCUT2D eigenvalue weighted by Gasteiger charge is -2.06. The SMILES string of the molecule is O=C(O)C(=O)CCOc1ccc(C(=O)O)c(O)c1. The van der Waals surface area contributed by atoms with Crippen LogP contribution in [0, 0.1) is 0 Å². The molecule has 3 N–H and O–H groups in total. The quantitative estimate of drug-likeness (QED) is 0.632. The molecule has 7 nitrogen and oxygen atoms in total. The predicted octanol–water partition coefficient (Wildman–Crippen LogP) is 0.513. The monoisotopic (exact) mass is 254 g/mol. The highest BCUT2D eigenvalue weighted by molar-refractivity contribution is 6.32. The average Bonchev–Trinajstić information content (AvgIpc) is 2.28. The van der Waals surface area contributed by atoms with Crippen LogP contribution >= 0.6 is 0 Å². The van der Waals surface area contributed by atoms with E-state index < -0.39 is 23.5 Å². The Labute approximate surface area is 101 Å². The van der Waals surface area contributed by atoms with Gasteiger partial charge in [-0.05, 0) is 12.1 Å². The van der Waals surface area contributed by atoms with Crippen molar-refractivity contribution in [2.45, 2.75) is 6.42 Å². The minimum atomic E-state index is -1.54. The van der Waals surface area contributed by atoms with Gasteiger partial charge < -0.3 is 20.1 Å². The van der Waals surface area contributed by atoms with Crippen LogP contribution in [0.4, 0.5) is 0 Å². The number of carboxylic acid groups (broad SMARTS) is 2. The number of ketones is 1. The van der Waals surface area contributed by atoms with Gasteiger partial charge in [-0.25, -0.2) is 9.59 Å². The summed E-state index contributed by atoms with van der Waals surface area (Å²) in [5.41, 5.74) is -0.274. The highest BCUT2D eigenvalue weighted by Gasteiger charge is 2.12. The van der Waals surface area contributed by atoms with Gasteiger partial charge in [0.25, 0.3) is 0 Å². The fourth-order valence-corrected chi connectivity index (χ4v) is 1.15. The maximum absolute atomic E-state index is 10.7. The van der Waals surface area contributed by atoms with E-state index in [1.807, 2.05) is 0 Å². The van der Waals surface area contributed by atoms with Gasteiger partial charge in [0.05, 0.1) is 13.0 Å². The van der Waals surface area contributed by atoms with Crippen LogP contribution in [0.15, 0.2) is 18.2 Å². The number of aromatic hydroxyl groups is 1. The number of aromatic carboxylic acids is 1. The van der Waals surface area contributed by atoms with Gasteiger partial charge in [-0.2, -0.15) is 0 Å². The first-order valence-corrected chi connectivity index (χ1v) is 4.87. The number of aliphatic carboxylic acids is 1. The van der Waals surface area contributed by atoms with Crippen LogP contribution in [0.5, 0.6) is 11.5 Å². The molecular weight excluding hydrogens is 244 g/mol. The van der Waals surface area contributed by atoms with Gasteiger partial charge in [0, 0.05) is 6.07 Å². The lowest BCUT2D eigenvalue weighted by molar-refractivity contribution is -0.149. The van der Waals surface area contributed by atoms with E-state index in [2.05, 4.69) is 0 Å². The molecule has 7 heteroatoms. The van der Waals surface area contributed by atoms with Crippen LogP contribution in [0.25, 0.3) is 0 Å². The van der Waals surface area contributed by atoms with Gasteiger partial charge >= 0.3 is 11.9 Å². The third kappa shape index (κ3) is 3.48. The summed E-state index contributed by atoms with van der Waals surface area (Å²) in [5.74, 6) is -4.12. The van der Waals surface area contributed by atoms with Crippen LogP contribution in [-0.4, -0.2) is 39.6 Å². The normalized spacial score (nSPS) is 9.78. The second kappa shape index (κ2) is 5.67. The summed E-state index contributed by atoms with van der Waals surface area (Å²) in [6.45, 7) is -0.170. The molecule has 0 atom stereocenters. The highest BCUT2D eigenvalue weighted by atomic mass is 16.5. The Hall–Kier alpha value is -2.57. The molecule has 0 heterocycles. The van der Waals surface area contributed by atoms with Gasteiger partial charge in [0.2, 0.25) is 5.78 Å². The van der Waals surface area contributed by atoms with Gasteiger partial charge in [-0.1, -0.05) is 0 Å². The van der Waals surface area contributed by atoms with E-state index in [9.17, 15) is 19.5 Å². The smallest absolute Gasteiger partial charge is 0.372 e. The molecule has 1 aromatic rings. The van der Waals surface area contributed by atoms with Crippen molar-refractivity contribution in [2.75, 3.05) is 6.61 Å². The van der Waals surface area contributed by atoms with Gasteiger partial charge in [-0.15, -0.1) is 0 Å². The maximum atomic E-state index is 10.7. The number of hydrogen-bond acceptors (Lipinski definition) is 5. The molecule has 0 bridgehead atoms. The number of ether oxygens (including phenoxy) is 1. The van der Waals surface area contributed by atoms with E-state index in [1.54, 1.807) is 0 Å². The maximum Gasteiger partial charge on any atom is 0.372 e. The summed E-state index contributed by atoms with van der Waals surface area (Å²) in [6, 6.07) is 3.52. The zero-order valence-electron chi connectivity index (χ0n) is 9.12. The molecule has 0 spiro atoms. The average molecular weight is 254 g/mol. The Balaban J connectivity index is 2.59. The van der Waals surface area contributed by atoms with Crippen LogP contribution in [0.2, 0.25) is 0 Å². The molecule has 1 rings (SSSR count). The van der Waals surface area contributed by atoms with Crippen molar-refractivity contribution in [2.24, 2.45) is 0 Å². The molecule has 18 heavy (non-hydrogen) atoms. The Bertz CT molecular complexity index is 492. The Morgan fingerprint density at radius 3 is 2.33 bits per heavy atom. The standard InChI is InChI=1S/C11H10O7/c12-8(11(16)17)3-4-18-6-1-2-7(10(14)15)9(13)5-6/h1-2,5,13H,3-4H2,(H,14,15)(H,16,17). The van der Waals surface area contributed by atoms with Crippen LogP contribution in [0.1, 0.15) is 16.8 Å². The molecular formula is C11H10O7. The van der Waals surface area contributed by atoms with Crippen molar-refractivity contribution in [3.8, 4) is 11.5 Å². The predicted molar refractivity (Wildman–Crippen MR) is 57.8 cm³/mol. The Morgan fingerprint density at radius 1 is 1.17 bits per heavy atom. The largest absolute Gasteiger partial charge is 0.507 e. The van der Waals surface area contributed by atoms with Crippen molar-refractivity contribution < 1.29 is 34.4 Å². The third-order valence-corrected chi connectivity index (χ3v) is 2.04. The molecule has 0 fully saturated rings. The third-order valence-electron chi connectivity index (χ3n) is 2.04. The van der Waals surface area contributed by atoms with Crippen LogP contribution < -0.4 is 4.74 Å². The summed E-state index contributed by atoms with van der Waals surface area (Å²) < 4.78 is 5.01. The van der Waals surface area contributed by atoms with E-state index in [-0.39, 0.29) is 24.3 Å². The van der Waals surface area contributed by atoms with Crippen LogP contribution in [0.3, 0.4) is 0 Å². The van der Waals surface area contributed by atoms with E-state index >= 15 is 0 Å². The first kappa shape index (κ1) is 13.5. The summed E-state index contributed by atoms with van der Waals surface area (Å²) >= 11 is 0. The molecule has 0 saturated carbocycles. The number of carbonyl (C=O) groups is 3. The van der Waals surface area contributed by atoms with Crippen molar-refractivity contribution >= 4 is 17.7 Å². The minimum absolute atomic E-state index is 0.149. The first-order chi connectivity index (χ1) is 8.41. The second-order valence-corrected chi connectivity index (χ2v) is 3.31. The van der Waals surface area contributed by atoms with E-state index in [0.29, 0.717) is 0 Å². The first-order valence-electron chi connectivity index (χ1n) is 4.87. The van der Waals surface area contributed by atoms with E-state index in [0.717, 1.165) is 12.1 Å². The van der Waals surface area contributed by atoms with Gasteiger partial charge in [0.15, 0.2) is 0 Å². The topological polar surface area (TPSA) is 121 Å². The molecule has 0 saturated heterocycles. The molecule has 0 amide bonds. The van der Waals surface area contributed by atoms with E-state index in [1.165, 1.54) is 6.07 Å². The van der Waals surface area contributed by atoms with Crippen molar-refractivity contribution in [1.82, 2.24) is 0 Å². The zero-order valence-corrected chi connectivity index (χ0v) is 9.12. The van der Waals surface area contributed by atoms with Gasteiger partial charge in [-0.3, -0.25) is 4.79 Å². The number of Topliss-reactive ketones (excluding diaryl/α,β-unsaturated/α-hetero) is 1. The van der Waals surface area contributed by atoms with Crippen molar-refractivity contribution in [3.05, 3.63) is 23.8 Å². The number of phenols is 1. The molecule has 0 aromatic heterocycles. The molecule has 1 aromatic carbocycles. The molecule has 0 radical (unpaired) electrons. The molecule has 0 aliphatic heterocycles. The minimum Gasteiger partial charge on any atom is -0.507 e. The Kier molecular flexibility index (Phi) is 4.25. The van der Waals surface area contributed by atoms with E-state index in [4.69, 9.17) is 14.9 Å². The summed E-state index contributed by atoms with van der Waals surface area (Å²) in [5, 5.41) is 26.3. The number of rotatable bonds is 6. The molecule has 96 valence electrons. The fourth-order valence-electron chi connectivity index (χ4n) is 1.15. The summed E-state index contributed by atoms with van der Waals surface area (Å²) in [4.78, 5) is 31.5.